The van der Waals surface area contributed by atoms with E-state index in [-0.39, 0.29) is 12.3 Å². The van der Waals surface area contributed by atoms with Crippen LogP contribution in [0.15, 0.2) is 27.3 Å². The first-order valence-corrected chi connectivity index (χ1v) is 7.36. The van der Waals surface area contributed by atoms with Gasteiger partial charge >= 0.3 is 5.97 Å². The molecule has 5 heteroatoms. The molecule has 20 heavy (non-hydrogen) atoms. The second-order valence-corrected chi connectivity index (χ2v) is 5.98. The van der Waals surface area contributed by atoms with Gasteiger partial charge in [-0.15, -0.1) is 0 Å². The molecule has 0 bridgehead atoms. The SMILES string of the molecule is COc1cc(C(CC(=O)O)C2CC2)c(Br)c2ccoc12. The standard InChI is InChI=1S/C15H15BrO4/c1-19-12-6-11(10(7-13(17)18)8-2-3-8)14(16)9-4-5-20-15(9)12/h4-6,8,10H,2-3,7H2,1H3,(H,17,18). The number of hydrogen-bond acceptors (Lipinski definition) is 3. The molecule has 1 aromatic heterocycles. The highest BCUT2D eigenvalue weighted by atomic mass is 79.9. The third kappa shape index (κ3) is 2.30. The lowest BCUT2D eigenvalue weighted by Crippen LogP contribution is -2.09. The minimum atomic E-state index is -0.764. The van der Waals surface area contributed by atoms with E-state index in [0.717, 1.165) is 28.3 Å². The number of furan rings is 1. The Bertz CT molecular complexity index is 657. The highest BCUT2D eigenvalue weighted by Gasteiger charge is 2.35. The van der Waals surface area contributed by atoms with E-state index in [1.807, 2.05) is 12.1 Å². The molecule has 1 N–H and O–H groups in total. The van der Waals surface area contributed by atoms with Crippen molar-refractivity contribution in [1.82, 2.24) is 0 Å². The molecular formula is C15H15BrO4. The molecule has 0 aliphatic heterocycles. The summed E-state index contributed by atoms with van der Waals surface area (Å²) in [6, 6.07) is 3.78. The predicted octanol–water partition coefficient (Wildman–Crippen LogP) is 4.17. The van der Waals surface area contributed by atoms with E-state index in [9.17, 15) is 4.79 Å². The Hall–Kier alpha value is -1.49. The summed E-state index contributed by atoms with van der Waals surface area (Å²) in [7, 11) is 1.60. The fourth-order valence-corrected chi connectivity index (χ4v) is 3.46. The van der Waals surface area contributed by atoms with Gasteiger partial charge in [0.25, 0.3) is 0 Å². The van der Waals surface area contributed by atoms with Gasteiger partial charge in [-0.3, -0.25) is 4.79 Å². The zero-order valence-corrected chi connectivity index (χ0v) is 12.6. The number of halogens is 1. The average Bonchev–Trinajstić information content (AvgIpc) is 3.13. The Morgan fingerprint density at radius 3 is 2.95 bits per heavy atom. The van der Waals surface area contributed by atoms with Gasteiger partial charge in [-0.2, -0.15) is 0 Å². The zero-order valence-electron chi connectivity index (χ0n) is 11.1. The summed E-state index contributed by atoms with van der Waals surface area (Å²) in [6.45, 7) is 0. The number of hydrogen-bond donors (Lipinski definition) is 1. The van der Waals surface area contributed by atoms with Crippen LogP contribution in [0.2, 0.25) is 0 Å². The van der Waals surface area contributed by atoms with E-state index in [0.29, 0.717) is 17.3 Å². The Morgan fingerprint density at radius 2 is 2.35 bits per heavy atom. The summed E-state index contributed by atoms with van der Waals surface area (Å²) < 4.78 is 11.7. The summed E-state index contributed by atoms with van der Waals surface area (Å²) in [4.78, 5) is 11.1. The van der Waals surface area contributed by atoms with E-state index in [1.165, 1.54) is 0 Å². The molecule has 1 unspecified atom stereocenters. The lowest BCUT2D eigenvalue weighted by Gasteiger charge is -2.18. The average molecular weight is 339 g/mol. The van der Waals surface area contributed by atoms with Crippen molar-refractivity contribution in [3.05, 3.63) is 28.4 Å². The van der Waals surface area contributed by atoms with Crippen molar-refractivity contribution in [2.45, 2.75) is 25.2 Å². The second-order valence-electron chi connectivity index (χ2n) is 5.19. The zero-order chi connectivity index (χ0) is 14.3. The normalized spacial score (nSPS) is 16.3. The van der Waals surface area contributed by atoms with E-state index in [1.54, 1.807) is 13.4 Å². The van der Waals surface area contributed by atoms with Gasteiger partial charge in [0, 0.05) is 9.86 Å². The van der Waals surface area contributed by atoms with Crippen molar-refractivity contribution in [2.75, 3.05) is 7.11 Å². The molecule has 1 saturated carbocycles. The highest BCUT2D eigenvalue weighted by Crippen LogP contribution is 2.49. The van der Waals surface area contributed by atoms with Gasteiger partial charge in [-0.1, -0.05) is 0 Å². The van der Waals surface area contributed by atoms with Crippen LogP contribution in [0.5, 0.6) is 5.75 Å². The first-order chi connectivity index (χ1) is 9.61. The Balaban J connectivity index is 2.13. The van der Waals surface area contributed by atoms with E-state index < -0.39 is 5.97 Å². The molecule has 0 spiro atoms. The van der Waals surface area contributed by atoms with Crippen LogP contribution in [0, 0.1) is 5.92 Å². The molecule has 0 radical (unpaired) electrons. The van der Waals surface area contributed by atoms with Gasteiger partial charge in [-0.05, 0) is 58.3 Å². The molecule has 1 atom stereocenters. The molecule has 1 fully saturated rings. The van der Waals surface area contributed by atoms with Crippen LogP contribution in [0.25, 0.3) is 11.0 Å². The quantitative estimate of drug-likeness (QED) is 0.888. The summed E-state index contributed by atoms with van der Waals surface area (Å²) in [5.74, 6) is 0.367. The largest absolute Gasteiger partial charge is 0.493 e. The van der Waals surface area contributed by atoms with Crippen molar-refractivity contribution < 1.29 is 19.1 Å². The van der Waals surface area contributed by atoms with E-state index >= 15 is 0 Å². The van der Waals surface area contributed by atoms with Crippen LogP contribution in [0.1, 0.15) is 30.7 Å². The number of rotatable bonds is 5. The maximum absolute atomic E-state index is 11.1. The van der Waals surface area contributed by atoms with E-state index in [4.69, 9.17) is 14.3 Å². The van der Waals surface area contributed by atoms with Crippen LogP contribution >= 0.6 is 15.9 Å². The lowest BCUT2D eigenvalue weighted by atomic mass is 9.90. The van der Waals surface area contributed by atoms with Gasteiger partial charge in [0.2, 0.25) is 0 Å². The lowest BCUT2D eigenvalue weighted by molar-refractivity contribution is -0.137. The number of methoxy groups -OCH3 is 1. The number of carbonyl (C=O) groups is 1. The van der Waals surface area contributed by atoms with Gasteiger partial charge in [-0.25, -0.2) is 0 Å². The first-order valence-electron chi connectivity index (χ1n) is 6.57. The van der Waals surface area contributed by atoms with Gasteiger partial charge in [0.1, 0.15) is 0 Å². The van der Waals surface area contributed by atoms with Crippen LogP contribution in [-0.4, -0.2) is 18.2 Å². The van der Waals surface area contributed by atoms with Crippen LogP contribution in [0.4, 0.5) is 0 Å². The summed E-state index contributed by atoms with van der Waals surface area (Å²) in [5.41, 5.74) is 1.69. The van der Waals surface area contributed by atoms with Crippen molar-refractivity contribution in [3.8, 4) is 5.75 Å². The smallest absolute Gasteiger partial charge is 0.303 e. The van der Waals surface area contributed by atoms with Gasteiger partial charge < -0.3 is 14.3 Å². The topological polar surface area (TPSA) is 59.7 Å². The number of carboxylic acids is 1. The van der Waals surface area contributed by atoms with E-state index in [2.05, 4.69) is 15.9 Å². The Kier molecular flexibility index (Phi) is 3.46. The van der Waals surface area contributed by atoms with Crippen LogP contribution in [-0.2, 0) is 4.79 Å². The predicted molar refractivity (Wildman–Crippen MR) is 78.2 cm³/mol. The molecule has 1 heterocycles. The molecule has 1 aromatic carbocycles. The number of ether oxygens (including phenoxy) is 1. The Labute approximate surface area is 124 Å². The molecule has 3 rings (SSSR count). The molecule has 2 aromatic rings. The molecule has 106 valence electrons. The van der Waals surface area contributed by atoms with Crippen LogP contribution in [0.3, 0.4) is 0 Å². The Morgan fingerprint density at radius 1 is 1.60 bits per heavy atom. The third-order valence-electron chi connectivity index (χ3n) is 3.87. The van der Waals surface area contributed by atoms with Crippen molar-refractivity contribution >= 4 is 32.9 Å². The van der Waals surface area contributed by atoms with Crippen molar-refractivity contribution in [1.29, 1.82) is 0 Å². The number of aliphatic carboxylic acids is 1. The fourth-order valence-electron chi connectivity index (χ4n) is 2.74. The third-order valence-corrected chi connectivity index (χ3v) is 4.76. The summed E-state index contributed by atoms with van der Waals surface area (Å²) in [6.07, 6.45) is 3.95. The minimum Gasteiger partial charge on any atom is -0.493 e. The highest BCUT2D eigenvalue weighted by molar-refractivity contribution is 9.10. The second kappa shape index (κ2) is 5.13. The maximum Gasteiger partial charge on any atom is 0.303 e. The molecular weight excluding hydrogens is 324 g/mol. The fraction of sp³-hybridized carbons (Fsp3) is 0.400. The molecule has 0 saturated heterocycles. The van der Waals surface area contributed by atoms with Crippen LogP contribution < -0.4 is 4.74 Å². The summed E-state index contributed by atoms with van der Waals surface area (Å²) in [5, 5.41) is 10.1. The first kappa shape index (κ1) is 13.5. The molecule has 4 nitrogen and oxygen atoms in total. The molecule has 1 aliphatic rings. The minimum absolute atomic E-state index is 0.0232. The molecule has 1 aliphatic carbocycles. The summed E-state index contributed by atoms with van der Waals surface area (Å²) >= 11 is 3.60. The van der Waals surface area contributed by atoms with Gasteiger partial charge in [0.15, 0.2) is 11.3 Å². The van der Waals surface area contributed by atoms with Crippen molar-refractivity contribution in [2.24, 2.45) is 5.92 Å². The maximum atomic E-state index is 11.1. The number of carboxylic acid groups (broad SMARTS) is 1. The monoisotopic (exact) mass is 338 g/mol. The number of benzene rings is 1. The molecule has 0 amide bonds. The van der Waals surface area contributed by atoms with Crippen molar-refractivity contribution in [3.63, 3.8) is 0 Å². The van der Waals surface area contributed by atoms with Gasteiger partial charge in [0.05, 0.1) is 19.8 Å². The number of fused-ring (bicyclic) bond motifs is 1.